The molecule has 3 aromatic rings. The maximum Gasteiger partial charge on any atom is 0.0642 e. The molecule has 0 radical (unpaired) electrons. The van der Waals surface area contributed by atoms with Crippen molar-refractivity contribution in [1.29, 1.82) is 0 Å². The van der Waals surface area contributed by atoms with Crippen molar-refractivity contribution in [2.45, 2.75) is 6.42 Å². The van der Waals surface area contributed by atoms with Gasteiger partial charge in [-0.25, -0.2) is 0 Å². The van der Waals surface area contributed by atoms with Crippen LogP contribution in [0.4, 0.5) is 11.4 Å². The Balaban J connectivity index is 1.76. The fourth-order valence-electron chi connectivity index (χ4n) is 2.29. The molecule has 1 aromatic carbocycles. The second-order valence-corrected chi connectivity index (χ2v) is 4.78. The van der Waals surface area contributed by atoms with Gasteiger partial charge in [-0.2, -0.15) is 5.10 Å². The van der Waals surface area contributed by atoms with Crippen LogP contribution in [0.25, 0.3) is 10.8 Å². The fourth-order valence-corrected chi connectivity index (χ4v) is 2.29. The molecule has 2 aromatic heterocycles. The number of fused-ring (bicyclic) bond motifs is 1. The van der Waals surface area contributed by atoms with Gasteiger partial charge in [-0.1, -0.05) is 0 Å². The zero-order valence-electron chi connectivity index (χ0n) is 11.4. The summed E-state index contributed by atoms with van der Waals surface area (Å²) in [6.07, 6.45) is 6.43. The highest BCUT2D eigenvalue weighted by Gasteiger charge is 2.04. The van der Waals surface area contributed by atoms with Gasteiger partial charge in [0.25, 0.3) is 0 Å². The summed E-state index contributed by atoms with van der Waals surface area (Å²) in [6.45, 7) is 0.832. The zero-order valence-corrected chi connectivity index (χ0v) is 11.4. The van der Waals surface area contributed by atoms with Gasteiger partial charge in [0.2, 0.25) is 0 Å². The number of aryl methyl sites for hydroxylation is 1. The first-order chi connectivity index (χ1) is 9.74. The monoisotopic (exact) mass is 267 g/mol. The number of hydrogen-bond donors (Lipinski definition) is 2. The number of rotatable bonds is 4. The molecule has 0 aliphatic rings. The third kappa shape index (κ3) is 2.42. The lowest BCUT2D eigenvalue weighted by molar-refractivity contribution is 0.742. The number of pyridine rings is 1. The summed E-state index contributed by atoms with van der Waals surface area (Å²) in [5.74, 6) is 0. The minimum atomic E-state index is 0.753. The summed E-state index contributed by atoms with van der Waals surface area (Å²) in [5, 5.41) is 9.88. The minimum Gasteiger partial charge on any atom is -0.398 e. The Kier molecular flexibility index (Phi) is 3.25. The first-order valence-electron chi connectivity index (χ1n) is 6.58. The molecule has 0 atom stereocenters. The van der Waals surface area contributed by atoms with Gasteiger partial charge in [-0.3, -0.25) is 9.67 Å². The fraction of sp³-hybridized carbons (Fsp3) is 0.200. The van der Waals surface area contributed by atoms with Crippen LogP contribution in [0.5, 0.6) is 0 Å². The van der Waals surface area contributed by atoms with Crippen LogP contribution in [-0.4, -0.2) is 21.3 Å². The lowest BCUT2D eigenvalue weighted by Crippen LogP contribution is -2.06. The van der Waals surface area contributed by atoms with E-state index >= 15 is 0 Å². The molecule has 0 unspecified atom stereocenters. The van der Waals surface area contributed by atoms with Gasteiger partial charge in [0.05, 0.1) is 5.69 Å². The highest BCUT2D eigenvalue weighted by molar-refractivity contribution is 6.00. The van der Waals surface area contributed by atoms with E-state index in [1.54, 1.807) is 12.4 Å². The van der Waals surface area contributed by atoms with Crippen molar-refractivity contribution in [3.8, 4) is 0 Å². The predicted octanol–water partition coefficient (Wildman–Crippen LogP) is 2.21. The SMILES string of the molecule is Cn1ccc(CCNc2ccc(N)c3cnccc23)n1. The van der Waals surface area contributed by atoms with Gasteiger partial charge in [0.15, 0.2) is 0 Å². The van der Waals surface area contributed by atoms with Gasteiger partial charge in [-0.15, -0.1) is 0 Å². The number of nitrogens with one attached hydrogen (secondary N) is 1. The molecule has 0 aliphatic heterocycles. The Bertz CT molecular complexity index is 732. The second kappa shape index (κ2) is 5.21. The highest BCUT2D eigenvalue weighted by Crippen LogP contribution is 2.27. The topological polar surface area (TPSA) is 68.8 Å². The van der Waals surface area contributed by atoms with Gasteiger partial charge < -0.3 is 11.1 Å². The Hall–Kier alpha value is -2.56. The molecule has 5 heteroatoms. The summed E-state index contributed by atoms with van der Waals surface area (Å²) in [7, 11) is 1.93. The van der Waals surface area contributed by atoms with Crippen LogP contribution in [-0.2, 0) is 13.5 Å². The predicted molar refractivity (Wildman–Crippen MR) is 81.6 cm³/mol. The van der Waals surface area contributed by atoms with Crippen molar-refractivity contribution < 1.29 is 0 Å². The number of nitrogens with two attached hydrogens (primary N) is 1. The van der Waals surface area contributed by atoms with Crippen LogP contribution in [0, 0.1) is 0 Å². The van der Waals surface area contributed by atoms with E-state index in [1.807, 2.05) is 42.2 Å². The standard InChI is InChI=1S/C15H17N5/c1-20-9-6-11(19-20)4-8-18-15-3-2-14(16)13-10-17-7-5-12(13)15/h2-3,5-7,9-10,18H,4,8,16H2,1H3. The summed E-state index contributed by atoms with van der Waals surface area (Å²) in [4.78, 5) is 4.12. The highest BCUT2D eigenvalue weighted by atomic mass is 15.2. The molecule has 0 spiro atoms. The molecule has 0 saturated heterocycles. The van der Waals surface area contributed by atoms with Gasteiger partial charge in [0.1, 0.15) is 0 Å². The van der Waals surface area contributed by atoms with Crippen LogP contribution < -0.4 is 11.1 Å². The van der Waals surface area contributed by atoms with E-state index in [9.17, 15) is 0 Å². The molecule has 5 nitrogen and oxygen atoms in total. The number of hydrogen-bond acceptors (Lipinski definition) is 4. The average Bonchev–Trinajstić information content (AvgIpc) is 2.87. The van der Waals surface area contributed by atoms with Crippen molar-refractivity contribution in [1.82, 2.24) is 14.8 Å². The van der Waals surface area contributed by atoms with Crippen LogP contribution in [0.1, 0.15) is 5.69 Å². The van der Waals surface area contributed by atoms with Crippen molar-refractivity contribution in [2.75, 3.05) is 17.6 Å². The largest absolute Gasteiger partial charge is 0.398 e. The maximum atomic E-state index is 5.97. The van der Waals surface area contributed by atoms with Gasteiger partial charge in [0, 0.05) is 60.8 Å². The Morgan fingerprint density at radius 3 is 2.90 bits per heavy atom. The van der Waals surface area contributed by atoms with E-state index in [0.717, 1.165) is 40.8 Å². The Morgan fingerprint density at radius 1 is 1.20 bits per heavy atom. The molecule has 2 heterocycles. The normalized spacial score (nSPS) is 10.8. The molecule has 20 heavy (non-hydrogen) atoms. The van der Waals surface area contributed by atoms with E-state index in [-0.39, 0.29) is 0 Å². The molecule has 0 aliphatic carbocycles. The van der Waals surface area contributed by atoms with Gasteiger partial charge >= 0.3 is 0 Å². The van der Waals surface area contributed by atoms with E-state index in [1.165, 1.54) is 0 Å². The second-order valence-electron chi connectivity index (χ2n) is 4.78. The molecule has 102 valence electrons. The molecule has 0 fully saturated rings. The average molecular weight is 267 g/mol. The molecular formula is C15H17N5. The van der Waals surface area contributed by atoms with Crippen molar-refractivity contribution in [3.05, 3.63) is 48.5 Å². The lowest BCUT2D eigenvalue weighted by Gasteiger charge is -2.10. The maximum absolute atomic E-state index is 5.97. The quantitative estimate of drug-likeness (QED) is 0.711. The third-order valence-electron chi connectivity index (χ3n) is 3.32. The number of anilines is 2. The Morgan fingerprint density at radius 2 is 2.10 bits per heavy atom. The summed E-state index contributed by atoms with van der Waals surface area (Å²) < 4.78 is 1.82. The summed E-state index contributed by atoms with van der Waals surface area (Å²) in [5.41, 5.74) is 8.88. The molecular weight excluding hydrogens is 250 g/mol. The summed E-state index contributed by atoms with van der Waals surface area (Å²) in [6, 6.07) is 7.94. The molecule has 0 bridgehead atoms. The van der Waals surface area contributed by atoms with Crippen LogP contribution in [0.2, 0.25) is 0 Å². The van der Waals surface area contributed by atoms with Gasteiger partial charge in [-0.05, 0) is 24.3 Å². The van der Waals surface area contributed by atoms with Crippen LogP contribution in [0.3, 0.4) is 0 Å². The zero-order chi connectivity index (χ0) is 13.9. The third-order valence-corrected chi connectivity index (χ3v) is 3.32. The van der Waals surface area contributed by atoms with Crippen molar-refractivity contribution in [3.63, 3.8) is 0 Å². The number of aromatic nitrogens is 3. The molecule has 0 amide bonds. The number of nitrogen functional groups attached to an aromatic ring is 1. The first-order valence-corrected chi connectivity index (χ1v) is 6.58. The minimum absolute atomic E-state index is 0.753. The Labute approximate surface area is 117 Å². The molecule has 3 rings (SSSR count). The van der Waals surface area contributed by atoms with Crippen molar-refractivity contribution >= 4 is 22.1 Å². The van der Waals surface area contributed by atoms with E-state index in [0.29, 0.717) is 0 Å². The van der Waals surface area contributed by atoms with E-state index in [2.05, 4.69) is 15.4 Å². The van der Waals surface area contributed by atoms with Crippen LogP contribution >= 0.6 is 0 Å². The smallest absolute Gasteiger partial charge is 0.0642 e. The van der Waals surface area contributed by atoms with E-state index < -0.39 is 0 Å². The molecule has 3 N–H and O–H groups in total. The van der Waals surface area contributed by atoms with E-state index in [4.69, 9.17) is 5.73 Å². The summed E-state index contributed by atoms with van der Waals surface area (Å²) >= 11 is 0. The lowest BCUT2D eigenvalue weighted by atomic mass is 10.1. The molecule has 0 saturated carbocycles. The van der Waals surface area contributed by atoms with Crippen LogP contribution in [0.15, 0.2) is 42.9 Å². The number of benzene rings is 1. The number of nitrogens with zero attached hydrogens (tertiary/aromatic N) is 3. The first kappa shape index (κ1) is 12.5. The van der Waals surface area contributed by atoms with Crippen molar-refractivity contribution in [2.24, 2.45) is 7.05 Å².